The van der Waals surface area contributed by atoms with Crippen LogP contribution in [0.25, 0.3) is 5.57 Å². The molecule has 1 heterocycles. The van der Waals surface area contributed by atoms with Crippen LogP contribution in [0.3, 0.4) is 0 Å². The van der Waals surface area contributed by atoms with Gasteiger partial charge in [-0.05, 0) is 31.5 Å². The number of hydrogen-bond donors (Lipinski definition) is 3. The Balaban J connectivity index is 2.34. The van der Waals surface area contributed by atoms with E-state index >= 15 is 0 Å². The van der Waals surface area contributed by atoms with Crippen LogP contribution < -0.4 is 15.8 Å². The van der Waals surface area contributed by atoms with Crippen molar-refractivity contribution >= 4 is 38.3 Å². The van der Waals surface area contributed by atoms with Crippen molar-refractivity contribution in [2.45, 2.75) is 31.6 Å². The van der Waals surface area contributed by atoms with Crippen LogP contribution in [-0.2, 0) is 10.0 Å². The first-order chi connectivity index (χ1) is 12.3. The lowest BCUT2D eigenvalue weighted by molar-refractivity contribution is 0.598. The first-order valence-corrected chi connectivity index (χ1v) is 10.5. The van der Waals surface area contributed by atoms with Crippen LogP contribution >= 0.6 is 11.3 Å². The Morgan fingerprint density at radius 3 is 2.77 bits per heavy atom. The Morgan fingerprint density at radius 1 is 1.42 bits per heavy atom. The van der Waals surface area contributed by atoms with Gasteiger partial charge in [0.2, 0.25) is 10.0 Å². The molecule has 7 nitrogen and oxygen atoms in total. The maximum atomic E-state index is 11.6. The molecular formula is C17H21N5O2S2. The summed E-state index contributed by atoms with van der Waals surface area (Å²) < 4.78 is 23.3. The summed E-state index contributed by atoms with van der Waals surface area (Å²) in [6.07, 6.45) is 3.53. The number of aryl methyl sites for hydroxylation is 1. The number of nitrogens with two attached hydrogens (primary N) is 1. The molecule has 138 valence electrons. The number of allylic oxidation sites excluding steroid dienone is 1. The smallest absolute Gasteiger partial charge is 0.238 e. The molecule has 0 saturated heterocycles. The van der Waals surface area contributed by atoms with Crippen LogP contribution in [0.15, 0.2) is 34.7 Å². The molecule has 0 aliphatic carbocycles. The zero-order valence-electron chi connectivity index (χ0n) is 14.6. The summed E-state index contributed by atoms with van der Waals surface area (Å²) in [6.45, 7) is 4.69. The standard InChI is InChI=1S/C17H21N5O2S2/c1-3-4-7-20-15-6-5-14(26(19,23)24)8-16(15)21-10-13(9-18)17-22-12(2)11-25-17/h5-6,8,10-11,20-21H,3-4,7H2,1-2H3,(H2,19,23,24)/b13-10+. The number of nitrogens with zero attached hydrogens (tertiary/aromatic N) is 2. The lowest BCUT2D eigenvalue weighted by Gasteiger charge is -2.13. The highest BCUT2D eigenvalue weighted by Gasteiger charge is 2.12. The number of nitriles is 1. The molecule has 4 N–H and O–H groups in total. The number of benzene rings is 1. The molecule has 2 aromatic rings. The topological polar surface area (TPSA) is 121 Å². The lowest BCUT2D eigenvalue weighted by Crippen LogP contribution is -2.13. The SMILES string of the molecule is CCCCNc1ccc(S(N)(=O)=O)cc1N/C=C(\C#N)c1nc(C)cs1. The number of primary sulfonamides is 1. The van der Waals surface area contributed by atoms with Crippen molar-refractivity contribution in [1.29, 1.82) is 5.26 Å². The van der Waals surface area contributed by atoms with Gasteiger partial charge in [0, 0.05) is 23.8 Å². The van der Waals surface area contributed by atoms with Gasteiger partial charge in [-0.15, -0.1) is 11.3 Å². The van der Waals surface area contributed by atoms with Gasteiger partial charge in [-0.3, -0.25) is 0 Å². The summed E-state index contributed by atoms with van der Waals surface area (Å²) in [5.74, 6) is 0. The molecule has 2 rings (SSSR count). The van der Waals surface area contributed by atoms with Gasteiger partial charge in [0.25, 0.3) is 0 Å². The number of rotatable bonds is 8. The highest BCUT2D eigenvalue weighted by molar-refractivity contribution is 7.89. The van der Waals surface area contributed by atoms with E-state index in [0.717, 1.165) is 30.8 Å². The molecule has 0 saturated carbocycles. The number of sulfonamides is 1. The average molecular weight is 392 g/mol. The van der Waals surface area contributed by atoms with Gasteiger partial charge in [0.15, 0.2) is 0 Å². The number of anilines is 2. The fourth-order valence-corrected chi connectivity index (χ4v) is 3.45. The highest BCUT2D eigenvalue weighted by Crippen LogP contribution is 2.26. The molecule has 1 aromatic carbocycles. The van der Waals surface area contributed by atoms with Gasteiger partial charge in [-0.1, -0.05) is 13.3 Å². The van der Waals surface area contributed by atoms with Crippen LogP contribution in [-0.4, -0.2) is 19.9 Å². The van der Waals surface area contributed by atoms with Crippen LogP contribution in [0.1, 0.15) is 30.5 Å². The van der Waals surface area contributed by atoms with E-state index in [4.69, 9.17) is 5.14 Å². The Hall–Kier alpha value is -2.41. The zero-order valence-corrected chi connectivity index (χ0v) is 16.2. The second-order valence-electron chi connectivity index (χ2n) is 5.64. The van der Waals surface area contributed by atoms with Gasteiger partial charge < -0.3 is 10.6 Å². The van der Waals surface area contributed by atoms with Gasteiger partial charge in [0.05, 0.1) is 16.3 Å². The molecule has 0 unspecified atom stereocenters. The predicted octanol–water partition coefficient (Wildman–Crippen LogP) is 3.29. The molecule has 1 aromatic heterocycles. The Bertz CT molecular complexity index is 942. The van der Waals surface area contributed by atoms with Crippen LogP contribution in [0.5, 0.6) is 0 Å². The second-order valence-corrected chi connectivity index (χ2v) is 8.06. The summed E-state index contributed by atoms with van der Waals surface area (Å²) in [7, 11) is -3.82. The van der Waals surface area contributed by atoms with E-state index < -0.39 is 10.0 Å². The van der Waals surface area contributed by atoms with Crippen LogP contribution in [0, 0.1) is 18.3 Å². The van der Waals surface area contributed by atoms with Crippen molar-refractivity contribution in [2.24, 2.45) is 5.14 Å². The molecule has 0 aliphatic rings. The number of thiazole rings is 1. The van der Waals surface area contributed by atoms with Gasteiger partial charge in [-0.2, -0.15) is 5.26 Å². The van der Waals surface area contributed by atoms with Gasteiger partial charge in [0.1, 0.15) is 16.6 Å². The third kappa shape index (κ3) is 5.29. The number of hydrogen-bond acceptors (Lipinski definition) is 7. The molecule has 26 heavy (non-hydrogen) atoms. The van der Waals surface area contributed by atoms with Crippen molar-refractivity contribution in [1.82, 2.24) is 4.98 Å². The summed E-state index contributed by atoms with van der Waals surface area (Å²) in [6, 6.07) is 6.66. The normalized spacial score (nSPS) is 11.8. The van der Waals surface area contributed by atoms with Crippen molar-refractivity contribution in [3.63, 3.8) is 0 Å². The minimum atomic E-state index is -3.82. The summed E-state index contributed by atoms with van der Waals surface area (Å²) in [5, 5.41) is 23.3. The second kappa shape index (κ2) is 8.80. The van der Waals surface area contributed by atoms with Crippen LogP contribution in [0.4, 0.5) is 11.4 Å². The molecule has 0 spiro atoms. The molecule has 0 atom stereocenters. The lowest BCUT2D eigenvalue weighted by atomic mass is 10.2. The van der Waals surface area contributed by atoms with E-state index in [1.165, 1.54) is 29.7 Å². The maximum Gasteiger partial charge on any atom is 0.238 e. The van der Waals surface area contributed by atoms with Crippen molar-refractivity contribution in [3.05, 3.63) is 40.5 Å². The molecule has 0 radical (unpaired) electrons. The first kappa shape index (κ1) is 19.9. The van der Waals surface area contributed by atoms with E-state index in [1.807, 2.05) is 12.3 Å². The van der Waals surface area contributed by atoms with Gasteiger partial charge in [-0.25, -0.2) is 18.5 Å². The van der Waals surface area contributed by atoms with Gasteiger partial charge >= 0.3 is 0 Å². The minimum Gasteiger partial charge on any atom is -0.383 e. The van der Waals surface area contributed by atoms with E-state index in [1.54, 1.807) is 6.07 Å². The first-order valence-electron chi connectivity index (χ1n) is 8.05. The van der Waals surface area contributed by atoms with E-state index in [2.05, 4.69) is 28.6 Å². The molecule has 0 fully saturated rings. The summed E-state index contributed by atoms with van der Waals surface area (Å²) >= 11 is 1.37. The minimum absolute atomic E-state index is 0.00181. The van der Waals surface area contributed by atoms with E-state index in [0.29, 0.717) is 16.3 Å². The third-order valence-corrected chi connectivity index (χ3v) is 5.41. The molecule has 0 aliphatic heterocycles. The third-order valence-electron chi connectivity index (χ3n) is 3.51. The Kier molecular flexibility index (Phi) is 6.74. The van der Waals surface area contributed by atoms with E-state index in [-0.39, 0.29) is 4.90 Å². The molecule has 0 bridgehead atoms. The molecule has 0 amide bonds. The van der Waals surface area contributed by atoms with Crippen molar-refractivity contribution < 1.29 is 8.42 Å². The molecular weight excluding hydrogens is 370 g/mol. The Morgan fingerprint density at radius 2 is 2.19 bits per heavy atom. The highest BCUT2D eigenvalue weighted by atomic mass is 32.2. The zero-order chi connectivity index (χ0) is 19.2. The number of aromatic nitrogens is 1. The fourth-order valence-electron chi connectivity index (χ4n) is 2.14. The summed E-state index contributed by atoms with van der Waals surface area (Å²) in [5.41, 5.74) is 2.45. The number of unbranched alkanes of at least 4 members (excludes halogenated alkanes) is 1. The molecule has 9 heteroatoms. The summed E-state index contributed by atoms with van der Waals surface area (Å²) in [4.78, 5) is 4.29. The van der Waals surface area contributed by atoms with Crippen molar-refractivity contribution in [2.75, 3.05) is 17.2 Å². The quantitative estimate of drug-likeness (QED) is 0.469. The Labute approximate surface area is 157 Å². The largest absolute Gasteiger partial charge is 0.383 e. The maximum absolute atomic E-state index is 11.6. The average Bonchev–Trinajstić information content (AvgIpc) is 3.02. The van der Waals surface area contributed by atoms with E-state index in [9.17, 15) is 13.7 Å². The predicted molar refractivity (Wildman–Crippen MR) is 105 cm³/mol. The van der Waals surface area contributed by atoms with Crippen LogP contribution in [0.2, 0.25) is 0 Å². The van der Waals surface area contributed by atoms with Crippen molar-refractivity contribution in [3.8, 4) is 6.07 Å². The fraction of sp³-hybridized carbons (Fsp3) is 0.294. The monoisotopic (exact) mass is 391 g/mol. The number of nitrogens with one attached hydrogen (secondary N) is 2.